The number of benzene rings is 3. The molecule has 172 valence electrons. The number of non-ortho nitro benzene ring substituents is 1. The highest BCUT2D eigenvalue weighted by Gasteiger charge is 2.15. The summed E-state index contributed by atoms with van der Waals surface area (Å²) < 4.78 is 0. The summed E-state index contributed by atoms with van der Waals surface area (Å²) in [7, 11) is 0. The van der Waals surface area contributed by atoms with Crippen molar-refractivity contribution in [2.45, 2.75) is 0 Å². The number of hydrogen-bond acceptors (Lipinski definition) is 8. The lowest BCUT2D eigenvalue weighted by Crippen LogP contribution is -2.32. The Morgan fingerprint density at radius 2 is 1.59 bits per heavy atom. The van der Waals surface area contributed by atoms with Crippen molar-refractivity contribution in [1.82, 2.24) is 10.7 Å². The molecule has 3 aromatic carbocycles. The van der Waals surface area contributed by atoms with Gasteiger partial charge in [-0.05, 0) is 48.0 Å². The topological polar surface area (TPSA) is 174 Å². The first-order valence-electron chi connectivity index (χ1n) is 9.66. The summed E-state index contributed by atoms with van der Waals surface area (Å²) in [6.45, 7) is 0. The molecule has 0 heterocycles. The predicted molar refractivity (Wildman–Crippen MR) is 122 cm³/mol. The number of rotatable bonds is 7. The number of aromatic hydroxyl groups is 3. The van der Waals surface area contributed by atoms with Crippen LogP contribution in [0.5, 0.6) is 17.2 Å². The van der Waals surface area contributed by atoms with Crippen LogP contribution in [0.4, 0.5) is 5.69 Å². The minimum atomic E-state index is -0.832. The number of phenolic OH excluding ortho intramolecular Hbond substituents is 3. The smallest absolute Gasteiger partial charge is 0.287 e. The van der Waals surface area contributed by atoms with Gasteiger partial charge in [0.05, 0.1) is 11.1 Å². The number of nitrogens with one attached hydrogen (secondary N) is 2. The highest BCUT2D eigenvalue weighted by Crippen LogP contribution is 2.36. The van der Waals surface area contributed by atoms with E-state index in [1.165, 1.54) is 36.4 Å². The minimum Gasteiger partial charge on any atom is -0.504 e. The van der Waals surface area contributed by atoms with Gasteiger partial charge in [0.15, 0.2) is 11.5 Å². The second kappa shape index (κ2) is 10.4. The lowest BCUT2D eigenvalue weighted by Gasteiger charge is -2.09. The van der Waals surface area contributed by atoms with Crippen LogP contribution in [0.15, 0.2) is 77.5 Å². The van der Waals surface area contributed by atoms with Crippen molar-refractivity contribution in [3.63, 3.8) is 0 Å². The Kier molecular flexibility index (Phi) is 7.19. The summed E-state index contributed by atoms with van der Waals surface area (Å²) >= 11 is 0. The van der Waals surface area contributed by atoms with Gasteiger partial charge in [0, 0.05) is 23.3 Å². The molecule has 0 radical (unpaired) electrons. The molecule has 0 aliphatic rings. The summed E-state index contributed by atoms with van der Waals surface area (Å²) in [6, 6.07) is 15.8. The van der Waals surface area contributed by atoms with Crippen molar-refractivity contribution in [1.29, 1.82) is 0 Å². The van der Waals surface area contributed by atoms with Gasteiger partial charge < -0.3 is 20.6 Å². The molecule has 3 rings (SSSR count). The van der Waals surface area contributed by atoms with E-state index in [0.29, 0.717) is 5.56 Å². The average molecular weight is 462 g/mol. The van der Waals surface area contributed by atoms with E-state index >= 15 is 0 Å². The molecular formula is C23H18N4O7. The molecule has 0 aliphatic carbocycles. The maximum absolute atomic E-state index is 12.7. The molecule has 11 nitrogen and oxygen atoms in total. The van der Waals surface area contributed by atoms with Gasteiger partial charge in [0.2, 0.25) is 5.75 Å². The number of nitro groups is 1. The standard InChI is InChI=1S/C23H18N4O7/c28-19-11-8-16(20(29)21(19)30)13-24-26-23(32)18(25-22(31)15-4-2-1-3-5-15)12-14-6-9-17(10-7-14)27(33)34/h1-13,28-30H,(H,25,31)(H,26,32)/b18-12-,24-13-. The lowest BCUT2D eigenvalue weighted by atomic mass is 10.1. The Balaban J connectivity index is 1.84. The number of hydrazone groups is 1. The summed E-state index contributed by atoms with van der Waals surface area (Å²) in [5.41, 5.74) is 2.52. The maximum Gasteiger partial charge on any atom is 0.287 e. The highest BCUT2D eigenvalue weighted by atomic mass is 16.6. The first-order valence-corrected chi connectivity index (χ1v) is 9.66. The van der Waals surface area contributed by atoms with Crippen molar-refractivity contribution >= 4 is 29.8 Å². The van der Waals surface area contributed by atoms with Crippen LogP contribution in [-0.2, 0) is 4.79 Å². The zero-order chi connectivity index (χ0) is 24.7. The molecule has 0 fully saturated rings. The molecule has 0 aromatic heterocycles. The van der Waals surface area contributed by atoms with Crippen LogP contribution in [-0.4, -0.2) is 38.3 Å². The Bertz CT molecular complexity index is 1290. The van der Waals surface area contributed by atoms with Gasteiger partial charge in [-0.25, -0.2) is 5.43 Å². The number of amides is 2. The minimum absolute atomic E-state index is 0.00446. The fraction of sp³-hybridized carbons (Fsp3) is 0. The molecular weight excluding hydrogens is 444 g/mol. The zero-order valence-corrected chi connectivity index (χ0v) is 17.4. The van der Waals surface area contributed by atoms with E-state index in [1.54, 1.807) is 30.3 Å². The van der Waals surface area contributed by atoms with Crippen LogP contribution in [0.1, 0.15) is 21.5 Å². The predicted octanol–water partition coefficient (Wildman–Crippen LogP) is 2.63. The Morgan fingerprint density at radius 1 is 0.912 bits per heavy atom. The van der Waals surface area contributed by atoms with Gasteiger partial charge in [0.25, 0.3) is 17.5 Å². The molecule has 0 saturated heterocycles. The third kappa shape index (κ3) is 5.73. The van der Waals surface area contributed by atoms with E-state index < -0.39 is 34.0 Å². The van der Waals surface area contributed by atoms with Crippen molar-refractivity contribution in [2.24, 2.45) is 5.10 Å². The van der Waals surface area contributed by atoms with Crippen molar-refractivity contribution < 1.29 is 29.8 Å². The summed E-state index contributed by atoms with van der Waals surface area (Å²) in [4.78, 5) is 35.6. The van der Waals surface area contributed by atoms with E-state index in [2.05, 4.69) is 15.8 Å². The van der Waals surface area contributed by atoms with E-state index in [4.69, 9.17) is 0 Å². The van der Waals surface area contributed by atoms with Gasteiger partial charge in [-0.3, -0.25) is 19.7 Å². The van der Waals surface area contributed by atoms with Gasteiger partial charge in [-0.15, -0.1) is 0 Å². The van der Waals surface area contributed by atoms with Gasteiger partial charge in [0.1, 0.15) is 5.70 Å². The van der Waals surface area contributed by atoms with Gasteiger partial charge >= 0.3 is 0 Å². The van der Waals surface area contributed by atoms with Crippen LogP contribution >= 0.6 is 0 Å². The zero-order valence-electron chi connectivity index (χ0n) is 17.4. The second-order valence-corrected chi connectivity index (χ2v) is 6.80. The van der Waals surface area contributed by atoms with E-state index in [9.17, 15) is 35.0 Å². The third-order valence-electron chi connectivity index (χ3n) is 4.47. The van der Waals surface area contributed by atoms with E-state index in [1.807, 2.05) is 0 Å². The molecule has 5 N–H and O–H groups in total. The fourth-order valence-corrected chi connectivity index (χ4v) is 2.71. The summed E-state index contributed by atoms with van der Waals surface area (Å²) in [6.07, 6.45) is 2.33. The second-order valence-electron chi connectivity index (χ2n) is 6.80. The summed E-state index contributed by atoms with van der Waals surface area (Å²) in [5, 5.41) is 45.8. The normalized spacial score (nSPS) is 11.2. The number of nitro benzene ring substituents is 1. The van der Waals surface area contributed by atoms with Crippen LogP contribution in [0.2, 0.25) is 0 Å². The maximum atomic E-state index is 12.7. The Morgan fingerprint density at radius 3 is 2.24 bits per heavy atom. The van der Waals surface area contributed by atoms with Crippen molar-refractivity contribution in [3.05, 3.63) is 99.2 Å². The van der Waals surface area contributed by atoms with Crippen LogP contribution < -0.4 is 10.7 Å². The molecule has 0 unspecified atom stereocenters. The molecule has 34 heavy (non-hydrogen) atoms. The molecule has 3 aromatic rings. The van der Waals surface area contributed by atoms with E-state index in [0.717, 1.165) is 12.3 Å². The SMILES string of the molecule is O=C(N/N=C\c1ccc(O)c(O)c1O)/C(=C/c1ccc([N+](=O)[O-])cc1)NC(=O)c1ccccc1. The molecule has 11 heteroatoms. The molecule has 0 aliphatic heterocycles. The number of carbonyl (C=O) groups excluding carboxylic acids is 2. The van der Waals surface area contributed by atoms with Gasteiger partial charge in [-0.1, -0.05) is 18.2 Å². The fourth-order valence-electron chi connectivity index (χ4n) is 2.71. The number of nitrogens with zero attached hydrogens (tertiary/aromatic N) is 2. The summed E-state index contributed by atoms with van der Waals surface area (Å²) in [5.74, 6) is -3.33. The van der Waals surface area contributed by atoms with Crippen LogP contribution in [0, 0.1) is 10.1 Å². The Labute approximate surface area is 192 Å². The van der Waals surface area contributed by atoms with Crippen LogP contribution in [0.25, 0.3) is 6.08 Å². The van der Waals surface area contributed by atoms with E-state index in [-0.39, 0.29) is 22.5 Å². The third-order valence-corrected chi connectivity index (χ3v) is 4.47. The average Bonchev–Trinajstić information content (AvgIpc) is 2.84. The first-order chi connectivity index (χ1) is 16.3. The lowest BCUT2D eigenvalue weighted by molar-refractivity contribution is -0.384. The molecule has 0 bridgehead atoms. The number of carbonyl (C=O) groups is 2. The van der Waals surface area contributed by atoms with Crippen molar-refractivity contribution in [2.75, 3.05) is 0 Å². The highest BCUT2D eigenvalue weighted by molar-refractivity contribution is 6.05. The van der Waals surface area contributed by atoms with Gasteiger partial charge in [-0.2, -0.15) is 5.10 Å². The molecule has 0 spiro atoms. The molecule has 2 amide bonds. The number of phenols is 3. The largest absolute Gasteiger partial charge is 0.504 e. The van der Waals surface area contributed by atoms with Crippen LogP contribution in [0.3, 0.4) is 0 Å². The molecule has 0 saturated carbocycles. The Hall–Kier alpha value is -5.19. The quantitative estimate of drug-likeness (QED) is 0.118. The van der Waals surface area contributed by atoms with Crippen molar-refractivity contribution in [3.8, 4) is 17.2 Å². The monoisotopic (exact) mass is 462 g/mol. The number of hydrogen-bond donors (Lipinski definition) is 5. The first kappa shape index (κ1) is 23.5. The molecule has 0 atom stereocenters.